The lowest BCUT2D eigenvalue weighted by Crippen LogP contribution is -2.16. The van der Waals surface area contributed by atoms with Gasteiger partial charge in [-0.3, -0.25) is 0 Å². The van der Waals surface area contributed by atoms with Gasteiger partial charge in [0.1, 0.15) is 6.10 Å². The normalized spacial score (nSPS) is 20.9. The molecule has 3 heteroatoms. The van der Waals surface area contributed by atoms with Crippen LogP contribution in [0.15, 0.2) is 30.3 Å². The second-order valence-electron chi connectivity index (χ2n) is 3.44. The molecule has 0 unspecified atom stereocenters. The van der Waals surface area contributed by atoms with Gasteiger partial charge in [0, 0.05) is 0 Å². The molecule has 0 aromatic heterocycles. The maximum Gasteiger partial charge on any atom is 0.179 e. The van der Waals surface area contributed by atoms with Crippen molar-refractivity contribution in [1.29, 1.82) is 0 Å². The molecule has 0 saturated heterocycles. The number of nitrogens with zero attached hydrogens (tertiary/aromatic N) is 1. The van der Waals surface area contributed by atoms with Crippen molar-refractivity contribution in [1.82, 2.24) is 0 Å². The van der Waals surface area contributed by atoms with Crippen molar-refractivity contribution in [3.63, 3.8) is 0 Å². The molecule has 0 fully saturated rings. The highest BCUT2D eigenvalue weighted by atomic mass is 16.5. The van der Waals surface area contributed by atoms with Gasteiger partial charge in [0.15, 0.2) is 12.8 Å². The lowest BCUT2D eigenvalue weighted by atomic mass is 10.2. The summed E-state index contributed by atoms with van der Waals surface area (Å²) in [5.74, 6) is 0. The van der Waals surface area contributed by atoms with Crippen molar-refractivity contribution in [3.05, 3.63) is 41.1 Å². The van der Waals surface area contributed by atoms with Gasteiger partial charge in [-0.05, 0) is 5.56 Å². The monoisotopic (exact) mass is 191 g/mol. The van der Waals surface area contributed by atoms with Gasteiger partial charge in [-0.15, -0.1) is 0 Å². The molecule has 74 valence electrons. The number of hydroxylamine groups is 1. The molecule has 1 aromatic rings. The molecule has 1 atom stereocenters. The van der Waals surface area contributed by atoms with Crippen LogP contribution < -0.4 is 0 Å². The Kier molecular flexibility index (Phi) is 2.79. The molecule has 0 aliphatic carbocycles. The summed E-state index contributed by atoms with van der Waals surface area (Å²) >= 11 is 0. The third-order valence-corrected chi connectivity index (χ3v) is 2.28. The highest BCUT2D eigenvalue weighted by Crippen LogP contribution is 2.08. The Labute approximate surface area is 83.2 Å². The van der Waals surface area contributed by atoms with Crippen LogP contribution in [-0.2, 0) is 11.3 Å². The van der Waals surface area contributed by atoms with E-state index in [1.807, 2.05) is 30.3 Å². The van der Waals surface area contributed by atoms with E-state index >= 15 is 0 Å². The number of hydrogen-bond donors (Lipinski definition) is 0. The highest BCUT2D eigenvalue weighted by molar-refractivity contribution is 5.53. The fourth-order valence-corrected chi connectivity index (χ4v) is 1.49. The molecule has 0 bridgehead atoms. The predicted octanol–water partition coefficient (Wildman–Crippen LogP) is 1.56. The summed E-state index contributed by atoms with van der Waals surface area (Å²) in [5.41, 5.74) is 1.15. The van der Waals surface area contributed by atoms with Crippen LogP contribution >= 0.6 is 0 Å². The third kappa shape index (κ3) is 2.33. The van der Waals surface area contributed by atoms with E-state index in [0.717, 1.165) is 16.7 Å². The van der Waals surface area contributed by atoms with Gasteiger partial charge < -0.3 is 9.94 Å². The fraction of sp³-hybridized carbons (Fsp3) is 0.364. The average Bonchev–Trinajstić information content (AvgIpc) is 2.63. The fourth-order valence-electron chi connectivity index (χ4n) is 1.49. The molecule has 1 aliphatic rings. The summed E-state index contributed by atoms with van der Waals surface area (Å²) in [6, 6.07) is 9.99. The van der Waals surface area contributed by atoms with Crippen LogP contribution in [0.2, 0.25) is 0 Å². The molecule has 1 aliphatic heterocycles. The molecule has 3 nitrogen and oxygen atoms in total. The minimum absolute atomic E-state index is 0.0627. The average molecular weight is 191 g/mol. The van der Waals surface area contributed by atoms with E-state index in [1.165, 1.54) is 0 Å². The number of benzene rings is 1. The van der Waals surface area contributed by atoms with E-state index in [9.17, 15) is 5.21 Å². The smallest absolute Gasteiger partial charge is 0.179 e. The van der Waals surface area contributed by atoms with E-state index in [4.69, 9.17) is 4.74 Å². The summed E-state index contributed by atoms with van der Waals surface area (Å²) < 4.78 is 6.53. The quantitative estimate of drug-likeness (QED) is 0.537. The number of rotatable bonds is 3. The van der Waals surface area contributed by atoms with Gasteiger partial charge in [-0.1, -0.05) is 30.3 Å². The van der Waals surface area contributed by atoms with Crippen molar-refractivity contribution >= 4 is 6.21 Å². The first-order chi connectivity index (χ1) is 6.84. The van der Waals surface area contributed by atoms with E-state index in [2.05, 4.69) is 0 Å². The van der Waals surface area contributed by atoms with E-state index in [0.29, 0.717) is 13.2 Å². The zero-order chi connectivity index (χ0) is 9.80. The van der Waals surface area contributed by atoms with Crippen molar-refractivity contribution in [2.24, 2.45) is 0 Å². The first-order valence-electron chi connectivity index (χ1n) is 4.77. The van der Waals surface area contributed by atoms with Crippen molar-refractivity contribution in [2.45, 2.75) is 19.1 Å². The molecular weight excluding hydrogens is 178 g/mol. The third-order valence-electron chi connectivity index (χ3n) is 2.28. The van der Waals surface area contributed by atoms with Crippen LogP contribution in [0.4, 0.5) is 0 Å². The largest absolute Gasteiger partial charge is 0.624 e. The lowest BCUT2D eigenvalue weighted by molar-refractivity contribution is -0.453. The van der Waals surface area contributed by atoms with Crippen LogP contribution in [0.1, 0.15) is 12.0 Å². The van der Waals surface area contributed by atoms with Gasteiger partial charge in [0.05, 0.1) is 13.0 Å². The van der Waals surface area contributed by atoms with Crippen molar-refractivity contribution in [3.8, 4) is 0 Å². The summed E-state index contributed by atoms with van der Waals surface area (Å²) in [6.07, 6.45) is 2.43. The zero-order valence-corrected chi connectivity index (χ0v) is 7.93. The first-order valence-corrected chi connectivity index (χ1v) is 4.77. The zero-order valence-electron chi connectivity index (χ0n) is 7.93. The topological polar surface area (TPSA) is 35.3 Å². The summed E-state index contributed by atoms with van der Waals surface area (Å²) in [5, 5.41) is 10.8. The van der Waals surface area contributed by atoms with Gasteiger partial charge in [-0.2, -0.15) is 0 Å². The van der Waals surface area contributed by atoms with Gasteiger partial charge >= 0.3 is 0 Å². The van der Waals surface area contributed by atoms with Gasteiger partial charge in [0.2, 0.25) is 0 Å². The number of ether oxygens (including phenoxy) is 1. The Bertz CT molecular complexity index is 321. The molecule has 0 amide bonds. The summed E-state index contributed by atoms with van der Waals surface area (Å²) in [7, 11) is 0. The Morgan fingerprint density at radius 1 is 1.36 bits per heavy atom. The highest BCUT2D eigenvalue weighted by Gasteiger charge is 2.19. The van der Waals surface area contributed by atoms with E-state index in [-0.39, 0.29) is 6.10 Å². The minimum Gasteiger partial charge on any atom is -0.624 e. The molecule has 1 aromatic carbocycles. The second-order valence-corrected chi connectivity index (χ2v) is 3.44. The van der Waals surface area contributed by atoms with Crippen LogP contribution in [-0.4, -0.2) is 23.6 Å². The van der Waals surface area contributed by atoms with Crippen LogP contribution in [0.5, 0.6) is 0 Å². The molecule has 14 heavy (non-hydrogen) atoms. The lowest BCUT2D eigenvalue weighted by Gasteiger charge is -2.08. The molecule has 0 spiro atoms. The molecular formula is C11H13NO2. The van der Waals surface area contributed by atoms with Crippen LogP contribution in [0.25, 0.3) is 0 Å². The van der Waals surface area contributed by atoms with Gasteiger partial charge in [0.25, 0.3) is 0 Å². The summed E-state index contributed by atoms with van der Waals surface area (Å²) in [6.45, 7) is 1.06. The van der Waals surface area contributed by atoms with Crippen LogP contribution in [0.3, 0.4) is 0 Å². The van der Waals surface area contributed by atoms with E-state index < -0.39 is 0 Å². The van der Waals surface area contributed by atoms with Gasteiger partial charge in [-0.25, -0.2) is 4.74 Å². The van der Waals surface area contributed by atoms with Crippen LogP contribution in [0, 0.1) is 5.21 Å². The Morgan fingerprint density at radius 2 is 2.14 bits per heavy atom. The SMILES string of the molecule is [O-][N+]1=CC[C@H](OCc2ccccc2)C1. The first kappa shape index (κ1) is 9.21. The maximum absolute atomic E-state index is 10.8. The predicted molar refractivity (Wildman–Crippen MR) is 54.2 cm³/mol. The van der Waals surface area contributed by atoms with E-state index in [1.54, 1.807) is 6.21 Å². The second kappa shape index (κ2) is 4.24. The minimum atomic E-state index is 0.0627. The Morgan fingerprint density at radius 3 is 2.79 bits per heavy atom. The maximum atomic E-state index is 10.8. The summed E-state index contributed by atoms with van der Waals surface area (Å²) in [4.78, 5) is 0. The molecule has 0 radical (unpaired) electrons. The van der Waals surface area contributed by atoms with Crippen molar-refractivity contribution in [2.75, 3.05) is 6.54 Å². The molecule has 0 saturated carbocycles. The molecule has 2 rings (SSSR count). The molecule has 0 N–H and O–H groups in total. The van der Waals surface area contributed by atoms with Crippen molar-refractivity contribution < 1.29 is 9.48 Å². The standard InChI is InChI=1S/C11H13NO2/c13-12-7-6-11(8-12)14-9-10-4-2-1-3-5-10/h1-5,7,11H,6,8-9H2/t11-/m0/s1. The molecule has 1 heterocycles. The Hall–Kier alpha value is -1.35. The Balaban J connectivity index is 1.79. The number of hydrogen-bond acceptors (Lipinski definition) is 2.